The fourth-order valence-corrected chi connectivity index (χ4v) is 1.48. The smallest absolute Gasteiger partial charge is 0.347 e. The zero-order valence-electron chi connectivity index (χ0n) is 10.5. The zero-order valence-corrected chi connectivity index (χ0v) is 10.5. The van der Waals surface area contributed by atoms with Crippen molar-refractivity contribution in [1.29, 1.82) is 0 Å². The number of ether oxygens (including phenoxy) is 2. The summed E-state index contributed by atoms with van der Waals surface area (Å²) in [6, 6.07) is 5.70. The Bertz CT molecular complexity index is 390. The van der Waals surface area contributed by atoms with Gasteiger partial charge in [0.15, 0.2) is 6.10 Å². The number of carbonyl (C=O) groups excluding carboxylic acids is 1. The Labute approximate surface area is 102 Å². The summed E-state index contributed by atoms with van der Waals surface area (Å²) in [6.07, 6.45) is -0.622. The second-order valence-electron chi connectivity index (χ2n) is 3.83. The Morgan fingerprint density at radius 2 is 2.18 bits per heavy atom. The summed E-state index contributed by atoms with van der Waals surface area (Å²) in [5.74, 6) is 0.273. The van der Waals surface area contributed by atoms with Gasteiger partial charge >= 0.3 is 5.97 Å². The molecule has 0 saturated heterocycles. The van der Waals surface area contributed by atoms with Crippen LogP contribution in [-0.2, 0) is 16.1 Å². The lowest BCUT2D eigenvalue weighted by molar-refractivity contribution is -0.150. The molecule has 0 spiro atoms. The lowest BCUT2D eigenvalue weighted by atomic mass is 10.1. The number of nitrogens with two attached hydrogens (primary N) is 1. The number of esters is 1. The Balaban J connectivity index is 2.77. The molecule has 17 heavy (non-hydrogen) atoms. The van der Waals surface area contributed by atoms with Crippen LogP contribution in [0.15, 0.2) is 18.2 Å². The van der Waals surface area contributed by atoms with Crippen LogP contribution in [0.2, 0.25) is 0 Å². The van der Waals surface area contributed by atoms with Crippen molar-refractivity contribution in [2.45, 2.75) is 33.4 Å². The van der Waals surface area contributed by atoms with Gasteiger partial charge in [0.1, 0.15) is 5.75 Å². The van der Waals surface area contributed by atoms with Crippen LogP contribution in [-0.4, -0.2) is 18.7 Å². The molecule has 0 bridgehead atoms. The normalized spacial score (nSPS) is 12.0. The van der Waals surface area contributed by atoms with Crippen molar-refractivity contribution < 1.29 is 14.3 Å². The molecule has 0 radical (unpaired) electrons. The average Bonchev–Trinajstić information content (AvgIpc) is 2.31. The molecule has 94 valence electrons. The predicted octanol–water partition coefficient (Wildman–Crippen LogP) is 1.78. The van der Waals surface area contributed by atoms with Crippen LogP contribution in [0.4, 0.5) is 0 Å². The Kier molecular flexibility index (Phi) is 4.97. The van der Waals surface area contributed by atoms with Crippen LogP contribution in [0.5, 0.6) is 5.75 Å². The second kappa shape index (κ2) is 6.25. The maximum atomic E-state index is 11.4. The topological polar surface area (TPSA) is 61.5 Å². The molecule has 4 heteroatoms. The molecule has 4 nitrogen and oxygen atoms in total. The Morgan fingerprint density at radius 3 is 2.76 bits per heavy atom. The summed E-state index contributed by atoms with van der Waals surface area (Å²) in [5.41, 5.74) is 7.64. The molecular weight excluding hydrogens is 218 g/mol. The van der Waals surface area contributed by atoms with Crippen LogP contribution in [0.1, 0.15) is 25.0 Å². The highest BCUT2D eigenvalue weighted by Gasteiger charge is 2.16. The van der Waals surface area contributed by atoms with Crippen LogP contribution in [0.3, 0.4) is 0 Å². The summed E-state index contributed by atoms with van der Waals surface area (Å²) in [4.78, 5) is 11.4. The number of rotatable bonds is 5. The van der Waals surface area contributed by atoms with E-state index >= 15 is 0 Å². The molecule has 0 aliphatic carbocycles. The molecule has 2 N–H and O–H groups in total. The number of carbonyl (C=O) groups is 1. The van der Waals surface area contributed by atoms with E-state index in [4.69, 9.17) is 15.2 Å². The molecule has 0 heterocycles. The van der Waals surface area contributed by atoms with Gasteiger partial charge in [0.2, 0.25) is 0 Å². The standard InChI is InChI=1S/C13H19NO3/c1-4-16-13(15)10(3)17-12-6-5-9(2)7-11(12)8-14/h5-7,10H,4,8,14H2,1-3H3. The van der Waals surface area contributed by atoms with E-state index in [9.17, 15) is 4.79 Å². The van der Waals surface area contributed by atoms with E-state index in [-0.39, 0.29) is 5.97 Å². The lowest BCUT2D eigenvalue weighted by Gasteiger charge is -2.16. The summed E-state index contributed by atoms with van der Waals surface area (Å²) < 4.78 is 10.4. The summed E-state index contributed by atoms with van der Waals surface area (Å²) >= 11 is 0. The van der Waals surface area contributed by atoms with Crippen LogP contribution < -0.4 is 10.5 Å². The van der Waals surface area contributed by atoms with E-state index in [1.165, 1.54) is 0 Å². The molecule has 1 aromatic carbocycles. The third kappa shape index (κ3) is 3.75. The van der Waals surface area contributed by atoms with E-state index in [2.05, 4.69) is 0 Å². The molecule has 0 saturated carbocycles. The molecule has 1 rings (SSSR count). The van der Waals surface area contributed by atoms with E-state index in [1.54, 1.807) is 13.8 Å². The predicted molar refractivity (Wildman–Crippen MR) is 65.8 cm³/mol. The van der Waals surface area contributed by atoms with Gasteiger partial charge in [0.05, 0.1) is 6.61 Å². The third-order valence-corrected chi connectivity index (χ3v) is 2.36. The molecule has 0 amide bonds. The lowest BCUT2D eigenvalue weighted by Crippen LogP contribution is -2.26. The van der Waals surface area contributed by atoms with Crippen molar-refractivity contribution in [3.8, 4) is 5.75 Å². The maximum Gasteiger partial charge on any atom is 0.347 e. The first kappa shape index (κ1) is 13.5. The van der Waals surface area contributed by atoms with Gasteiger partial charge in [-0.1, -0.05) is 17.7 Å². The number of benzene rings is 1. The van der Waals surface area contributed by atoms with Crippen molar-refractivity contribution >= 4 is 5.97 Å². The Hall–Kier alpha value is -1.55. The van der Waals surface area contributed by atoms with Gasteiger partial charge < -0.3 is 15.2 Å². The number of aryl methyl sites for hydroxylation is 1. The SMILES string of the molecule is CCOC(=O)C(C)Oc1ccc(C)cc1CN. The fraction of sp³-hybridized carbons (Fsp3) is 0.462. The van der Waals surface area contributed by atoms with Gasteiger partial charge in [-0.15, -0.1) is 0 Å². The van der Waals surface area contributed by atoms with Crippen molar-refractivity contribution in [2.24, 2.45) is 5.73 Å². The van der Waals surface area contributed by atoms with Gasteiger partial charge in [-0.3, -0.25) is 0 Å². The number of hydrogen-bond donors (Lipinski definition) is 1. The maximum absolute atomic E-state index is 11.4. The van der Waals surface area contributed by atoms with E-state index in [0.29, 0.717) is 18.9 Å². The molecule has 1 unspecified atom stereocenters. The second-order valence-corrected chi connectivity index (χ2v) is 3.83. The highest BCUT2D eigenvalue weighted by atomic mass is 16.6. The average molecular weight is 237 g/mol. The summed E-state index contributed by atoms with van der Waals surface area (Å²) in [6.45, 7) is 6.15. The van der Waals surface area contributed by atoms with Crippen LogP contribution in [0, 0.1) is 6.92 Å². The zero-order chi connectivity index (χ0) is 12.8. The van der Waals surface area contributed by atoms with Crippen LogP contribution >= 0.6 is 0 Å². The monoisotopic (exact) mass is 237 g/mol. The fourth-order valence-electron chi connectivity index (χ4n) is 1.48. The third-order valence-electron chi connectivity index (χ3n) is 2.36. The molecule has 1 atom stereocenters. The molecule has 0 aliphatic heterocycles. The summed E-state index contributed by atoms with van der Waals surface area (Å²) in [7, 11) is 0. The first-order chi connectivity index (χ1) is 8.08. The largest absolute Gasteiger partial charge is 0.479 e. The molecule has 1 aromatic rings. The van der Waals surface area contributed by atoms with Gasteiger partial charge in [-0.25, -0.2) is 4.79 Å². The van der Waals surface area contributed by atoms with Crippen LogP contribution in [0.25, 0.3) is 0 Å². The van der Waals surface area contributed by atoms with E-state index in [0.717, 1.165) is 11.1 Å². The highest BCUT2D eigenvalue weighted by Crippen LogP contribution is 2.21. The molecule has 0 fully saturated rings. The number of hydrogen-bond acceptors (Lipinski definition) is 4. The minimum atomic E-state index is -0.622. The van der Waals surface area contributed by atoms with Gasteiger partial charge in [0.25, 0.3) is 0 Å². The van der Waals surface area contributed by atoms with Crippen molar-refractivity contribution in [1.82, 2.24) is 0 Å². The van der Waals surface area contributed by atoms with E-state index < -0.39 is 6.10 Å². The first-order valence-electron chi connectivity index (χ1n) is 5.71. The van der Waals surface area contributed by atoms with Gasteiger partial charge in [0, 0.05) is 12.1 Å². The van der Waals surface area contributed by atoms with Gasteiger partial charge in [-0.05, 0) is 26.8 Å². The molecule has 0 aromatic heterocycles. The first-order valence-corrected chi connectivity index (χ1v) is 5.71. The summed E-state index contributed by atoms with van der Waals surface area (Å²) in [5, 5.41) is 0. The molecule has 0 aliphatic rings. The minimum absolute atomic E-state index is 0.351. The van der Waals surface area contributed by atoms with E-state index in [1.807, 2.05) is 25.1 Å². The Morgan fingerprint density at radius 1 is 1.47 bits per heavy atom. The molecular formula is C13H19NO3. The minimum Gasteiger partial charge on any atom is -0.479 e. The van der Waals surface area contributed by atoms with Crippen molar-refractivity contribution in [3.05, 3.63) is 29.3 Å². The van der Waals surface area contributed by atoms with Crippen molar-refractivity contribution in [3.63, 3.8) is 0 Å². The highest BCUT2D eigenvalue weighted by molar-refractivity contribution is 5.74. The van der Waals surface area contributed by atoms with Gasteiger partial charge in [-0.2, -0.15) is 0 Å². The quantitative estimate of drug-likeness (QED) is 0.793. The van der Waals surface area contributed by atoms with Crippen molar-refractivity contribution in [2.75, 3.05) is 6.61 Å².